The standard InChI is InChI=1S/C12H12ClN3O2/c1-16-6-10(14)11(15-16)12(17)18-7-8-2-4-9(13)5-3-8/h2-6H,7,14H2,1H3. The Balaban J connectivity index is 2.00. The predicted octanol–water partition coefficient (Wildman–Crippen LogP) is 2.01. The highest BCUT2D eigenvalue weighted by Gasteiger charge is 2.15. The minimum absolute atomic E-state index is 0.131. The summed E-state index contributed by atoms with van der Waals surface area (Å²) in [6, 6.07) is 7.05. The smallest absolute Gasteiger partial charge is 0.361 e. The average Bonchev–Trinajstić information content (AvgIpc) is 2.67. The highest BCUT2D eigenvalue weighted by molar-refractivity contribution is 6.30. The number of benzene rings is 1. The maximum absolute atomic E-state index is 11.7. The van der Waals surface area contributed by atoms with Crippen LogP contribution in [-0.2, 0) is 18.4 Å². The quantitative estimate of drug-likeness (QED) is 0.862. The van der Waals surface area contributed by atoms with Gasteiger partial charge in [0.25, 0.3) is 0 Å². The Hall–Kier alpha value is -2.01. The minimum atomic E-state index is -0.539. The summed E-state index contributed by atoms with van der Waals surface area (Å²) in [6.07, 6.45) is 1.55. The van der Waals surface area contributed by atoms with Gasteiger partial charge in [-0.2, -0.15) is 5.10 Å². The highest BCUT2D eigenvalue weighted by atomic mass is 35.5. The van der Waals surface area contributed by atoms with Crippen molar-refractivity contribution in [2.75, 3.05) is 5.73 Å². The van der Waals surface area contributed by atoms with Crippen molar-refractivity contribution in [3.05, 3.63) is 46.7 Å². The third-order valence-electron chi connectivity index (χ3n) is 2.33. The number of hydrogen-bond acceptors (Lipinski definition) is 4. The molecular formula is C12H12ClN3O2. The number of carbonyl (C=O) groups excluding carboxylic acids is 1. The molecule has 2 aromatic rings. The van der Waals surface area contributed by atoms with Gasteiger partial charge in [-0.1, -0.05) is 23.7 Å². The topological polar surface area (TPSA) is 70.1 Å². The van der Waals surface area contributed by atoms with Gasteiger partial charge in [-0.3, -0.25) is 4.68 Å². The third kappa shape index (κ3) is 2.81. The highest BCUT2D eigenvalue weighted by Crippen LogP contribution is 2.13. The van der Waals surface area contributed by atoms with E-state index in [0.717, 1.165) is 5.56 Å². The zero-order valence-corrected chi connectivity index (χ0v) is 10.5. The molecule has 0 saturated carbocycles. The van der Waals surface area contributed by atoms with Crippen molar-refractivity contribution in [2.24, 2.45) is 7.05 Å². The van der Waals surface area contributed by atoms with Crippen LogP contribution in [0.25, 0.3) is 0 Å². The monoisotopic (exact) mass is 265 g/mol. The van der Waals surface area contributed by atoms with Crippen LogP contribution >= 0.6 is 11.6 Å². The van der Waals surface area contributed by atoms with Crippen LogP contribution in [0.5, 0.6) is 0 Å². The zero-order valence-electron chi connectivity index (χ0n) is 9.76. The predicted molar refractivity (Wildman–Crippen MR) is 68.2 cm³/mol. The maximum Gasteiger partial charge on any atom is 0.361 e. The first kappa shape index (κ1) is 12.4. The summed E-state index contributed by atoms with van der Waals surface area (Å²) < 4.78 is 6.58. The first-order chi connectivity index (χ1) is 8.56. The third-order valence-corrected chi connectivity index (χ3v) is 2.59. The second kappa shape index (κ2) is 5.10. The SMILES string of the molecule is Cn1cc(N)c(C(=O)OCc2ccc(Cl)cc2)n1. The van der Waals surface area contributed by atoms with E-state index in [4.69, 9.17) is 22.1 Å². The number of nitrogen functional groups attached to an aromatic ring is 1. The largest absolute Gasteiger partial charge is 0.456 e. The molecule has 0 spiro atoms. The maximum atomic E-state index is 11.7. The fourth-order valence-corrected chi connectivity index (χ4v) is 1.59. The fraction of sp³-hybridized carbons (Fsp3) is 0.167. The second-order valence-electron chi connectivity index (χ2n) is 3.81. The fourth-order valence-electron chi connectivity index (χ4n) is 1.46. The lowest BCUT2D eigenvalue weighted by molar-refractivity contribution is 0.0466. The van der Waals surface area contributed by atoms with E-state index in [1.165, 1.54) is 4.68 Å². The van der Waals surface area contributed by atoms with Crippen molar-refractivity contribution in [2.45, 2.75) is 6.61 Å². The Morgan fingerprint density at radius 1 is 1.44 bits per heavy atom. The average molecular weight is 266 g/mol. The van der Waals surface area contributed by atoms with Gasteiger partial charge in [-0.15, -0.1) is 0 Å². The molecule has 0 fully saturated rings. The van der Waals surface area contributed by atoms with Gasteiger partial charge in [0.1, 0.15) is 6.61 Å². The van der Waals surface area contributed by atoms with Crippen LogP contribution in [-0.4, -0.2) is 15.7 Å². The number of halogens is 1. The number of nitrogens with two attached hydrogens (primary N) is 1. The van der Waals surface area contributed by atoms with E-state index >= 15 is 0 Å². The van der Waals surface area contributed by atoms with Crippen LogP contribution in [0.2, 0.25) is 5.02 Å². The lowest BCUT2D eigenvalue weighted by Crippen LogP contribution is -2.08. The van der Waals surface area contributed by atoms with Crippen molar-refractivity contribution >= 4 is 23.3 Å². The number of esters is 1. The van der Waals surface area contributed by atoms with Crippen LogP contribution in [0.15, 0.2) is 30.5 Å². The van der Waals surface area contributed by atoms with Gasteiger partial charge in [0.05, 0.1) is 5.69 Å². The molecule has 1 aromatic heterocycles. The molecule has 0 aliphatic carbocycles. The molecular weight excluding hydrogens is 254 g/mol. The lowest BCUT2D eigenvalue weighted by atomic mass is 10.2. The normalized spacial score (nSPS) is 10.3. The van der Waals surface area contributed by atoms with Crippen LogP contribution < -0.4 is 5.73 Å². The molecule has 1 aromatic carbocycles. The number of ether oxygens (including phenoxy) is 1. The Morgan fingerprint density at radius 2 is 2.11 bits per heavy atom. The van der Waals surface area contributed by atoms with Crippen molar-refractivity contribution < 1.29 is 9.53 Å². The van der Waals surface area contributed by atoms with E-state index in [-0.39, 0.29) is 12.3 Å². The molecule has 0 bridgehead atoms. The number of hydrogen-bond donors (Lipinski definition) is 1. The van der Waals surface area contributed by atoms with Crippen LogP contribution in [0.3, 0.4) is 0 Å². The summed E-state index contributed by atoms with van der Waals surface area (Å²) in [6.45, 7) is 0.159. The molecule has 2 N–H and O–H groups in total. The Labute approximate surface area is 109 Å². The van der Waals surface area contributed by atoms with Gasteiger partial charge in [-0.25, -0.2) is 4.79 Å². The molecule has 18 heavy (non-hydrogen) atoms. The van der Waals surface area contributed by atoms with Gasteiger partial charge < -0.3 is 10.5 Å². The molecule has 5 nitrogen and oxygen atoms in total. The van der Waals surface area contributed by atoms with E-state index < -0.39 is 5.97 Å². The summed E-state index contributed by atoms with van der Waals surface area (Å²) in [7, 11) is 1.69. The molecule has 0 unspecified atom stereocenters. The molecule has 6 heteroatoms. The van der Waals surface area contributed by atoms with Gasteiger partial charge in [0.2, 0.25) is 0 Å². The number of anilines is 1. The van der Waals surface area contributed by atoms with E-state index in [9.17, 15) is 4.79 Å². The summed E-state index contributed by atoms with van der Waals surface area (Å²) >= 11 is 5.76. The zero-order chi connectivity index (χ0) is 13.1. The van der Waals surface area contributed by atoms with E-state index in [2.05, 4.69) is 5.10 Å². The van der Waals surface area contributed by atoms with Crippen LogP contribution in [0, 0.1) is 0 Å². The lowest BCUT2D eigenvalue weighted by Gasteiger charge is -2.03. The first-order valence-corrected chi connectivity index (χ1v) is 5.65. The molecule has 0 saturated heterocycles. The number of carbonyl (C=O) groups is 1. The van der Waals surface area contributed by atoms with E-state index in [1.54, 1.807) is 37.5 Å². The molecule has 0 atom stereocenters. The van der Waals surface area contributed by atoms with Crippen LogP contribution in [0.4, 0.5) is 5.69 Å². The van der Waals surface area contributed by atoms with Crippen molar-refractivity contribution in [1.29, 1.82) is 0 Å². The summed E-state index contributed by atoms with van der Waals surface area (Å²) in [4.78, 5) is 11.7. The van der Waals surface area contributed by atoms with Crippen molar-refractivity contribution in [3.63, 3.8) is 0 Å². The van der Waals surface area contributed by atoms with Gasteiger partial charge >= 0.3 is 5.97 Å². The van der Waals surface area contributed by atoms with Gasteiger partial charge in [0.15, 0.2) is 5.69 Å². The molecule has 0 aliphatic rings. The summed E-state index contributed by atoms with van der Waals surface area (Å²) in [5.74, 6) is -0.539. The molecule has 2 rings (SSSR count). The van der Waals surface area contributed by atoms with E-state index in [1.807, 2.05) is 0 Å². The van der Waals surface area contributed by atoms with Crippen molar-refractivity contribution in [1.82, 2.24) is 9.78 Å². The number of nitrogens with zero attached hydrogens (tertiary/aromatic N) is 2. The number of aromatic nitrogens is 2. The Kier molecular flexibility index (Phi) is 3.53. The Morgan fingerprint density at radius 3 is 2.67 bits per heavy atom. The molecule has 0 radical (unpaired) electrons. The molecule has 1 heterocycles. The van der Waals surface area contributed by atoms with E-state index in [0.29, 0.717) is 10.7 Å². The number of rotatable bonds is 3. The van der Waals surface area contributed by atoms with Crippen molar-refractivity contribution in [3.8, 4) is 0 Å². The van der Waals surface area contributed by atoms with Gasteiger partial charge in [0, 0.05) is 18.3 Å². The molecule has 94 valence electrons. The Bertz CT molecular complexity index is 563. The molecule has 0 aliphatic heterocycles. The van der Waals surface area contributed by atoms with Crippen LogP contribution in [0.1, 0.15) is 16.1 Å². The first-order valence-electron chi connectivity index (χ1n) is 5.27. The summed E-state index contributed by atoms with van der Waals surface area (Å²) in [5.41, 5.74) is 6.91. The second-order valence-corrected chi connectivity index (χ2v) is 4.25. The summed E-state index contributed by atoms with van der Waals surface area (Å²) in [5, 5.41) is 4.57. The molecule has 0 amide bonds. The van der Waals surface area contributed by atoms with Gasteiger partial charge in [-0.05, 0) is 17.7 Å². The minimum Gasteiger partial charge on any atom is -0.456 e. The number of aryl methyl sites for hydroxylation is 1.